The van der Waals surface area contributed by atoms with Crippen LogP contribution in [-0.4, -0.2) is 37.2 Å². The minimum Gasteiger partial charge on any atom is -0.462 e. The molecule has 0 heterocycles. The lowest BCUT2D eigenvalue weighted by molar-refractivity contribution is -0.167. The molecule has 6 heteroatoms. The molecule has 0 fully saturated rings. The van der Waals surface area contributed by atoms with E-state index in [9.17, 15) is 14.4 Å². The average molecular weight is 1090 g/mol. The van der Waals surface area contributed by atoms with Gasteiger partial charge in [-0.2, -0.15) is 0 Å². The standard InChI is InChI=1S/C71H138O6/c1-4-7-10-13-16-19-22-24-26-28-30-31-32-33-34-35-36-37-38-39-41-42-44-46-49-52-55-58-61-64-70(73)76-67-68(66-75-69(72)63-60-57-54-51-48-21-18-15-12-9-6-3)77-71(74)65-62-59-56-53-50-47-45-43-40-29-27-25-23-20-17-14-11-8-5-2/h68H,4-67H2,1-3H3. The van der Waals surface area contributed by atoms with Gasteiger partial charge in [0.05, 0.1) is 0 Å². The van der Waals surface area contributed by atoms with Crippen LogP contribution < -0.4 is 0 Å². The van der Waals surface area contributed by atoms with Crippen molar-refractivity contribution in [3.63, 3.8) is 0 Å². The summed E-state index contributed by atoms with van der Waals surface area (Å²) in [6, 6.07) is 0. The molecule has 0 aliphatic rings. The fourth-order valence-electron chi connectivity index (χ4n) is 11.3. The van der Waals surface area contributed by atoms with E-state index < -0.39 is 6.10 Å². The van der Waals surface area contributed by atoms with Crippen molar-refractivity contribution in [2.75, 3.05) is 13.2 Å². The highest BCUT2D eigenvalue weighted by Gasteiger charge is 2.19. The Morgan fingerprint density at radius 3 is 0.519 bits per heavy atom. The van der Waals surface area contributed by atoms with Crippen LogP contribution in [0.4, 0.5) is 0 Å². The molecule has 0 aliphatic carbocycles. The van der Waals surface area contributed by atoms with Crippen molar-refractivity contribution in [3.8, 4) is 0 Å². The molecular weight excluding hydrogens is 949 g/mol. The van der Waals surface area contributed by atoms with E-state index in [0.29, 0.717) is 19.3 Å². The molecule has 0 aromatic heterocycles. The number of hydrogen-bond acceptors (Lipinski definition) is 6. The Balaban J connectivity index is 4.09. The lowest BCUT2D eigenvalue weighted by Crippen LogP contribution is -2.30. The highest BCUT2D eigenvalue weighted by atomic mass is 16.6. The van der Waals surface area contributed by atoms with Crippen LogP contribution in [0.2, 0.25) is 0 Å². The van der Waals surface area contributed by atoms with E-state index in [1.54, 1.807) is 0 Å². The maximum atomic E-state index is 12.9. The van der Waals surface area contributed by atoms with Crippen molar-refractivity contribution in [1.29, 1.82) is 0 Å². The van der Waals surface area contributed by atoms with Crippen molar-refractivity contribution in [2.24, 2.45) is 0 Å². The SMILES string of the molecule is CCCCCCCCCCCCCCCCCCCCCCCCCCCCCCCC(=O)OCC(COC(=O)CCCCCCCCCCCCC)OC(=O)CCCCCCCCCCCCCCCCCCCCC. The smallest absolute Gasteiger partial charge is 0.306 e. The van der Waals surface area contributed by atoms with Gasteiger partial charge in [-0.15, -0.1) is 0 Å². The minimum atomic E-state index is -0.762. The third kappa shape index (κ3) is 65.1. The Bertz CT molecular complexity index is 1160. The number of carbonyl (C=O) groups excluding carboxylic acids is 3. The summed E-state index contributed by atoms with van der Waals surface area (Å²) in [6.45, 7) is 6.73. The van der Waals surface area contributed by atoms with Crippen molar-refractivity contribution >= 4 is 17.9 Å². The van der Waals surface area contributed by atoms with Crippen LogP contribution in [0.25, 0.3) is 0 Å². The number of ether oxygens (including phenoxy) is 3. The Hall–Kier alpha value is -1.59. The summed E-state index contributed by atoms with van der Waals surface area (Å²) in [6.07, 6.45) is 78.6. The van der Waals surface area contributed by atoms with E-state index in [0.717, 1.165) is 57.8 Å². The van der Waals surface area contributed by atoms with Crippen LogP contribution in [0, 0.1) is 0 Å². The second-order valence-corrected chi connectivity index (χ2v) is 24.5. The zero-order chi connectivity index (χ0) is 55.7. The molecule has 0 saturated heterocycles. The number of rotatable bonds is 67. The third-order valence-electron chi connectivity index (χ3n) is 16.6. The quantitative estimate of drug-likeness (QED) is 0.0343. The second kappa shape index (κ2) is 66.9. The first-order valence-electron chi connectivity index (χ1n) is 35.5. The molecule has 0 aromatic carbocycles. The predicted octanol–water partition coefficient (Wildman–Crippen LogP) is 24.2. The Morgan fingerprint density at radius 1 is 0.208 bits per heavy atom. The first-order chi connectivity index (χ1) is 38.0. The first kappa shape index (κ1) is 75.4. The van der Waals surface area contributed by atoms with E-state index in [-0.39, 0.29) is 31.1 Å². The van der Waals surface area contributed by atoms with Crippen LogP contribution in [0.1, 0.15) is 419 Å². The minimum absolute atomic E-state index is 0.0605. The average Bonchev–Trinajstić information content (AvgIpc) is 3.43. The lowest BCUT2D eigenvalue weighted by Gasteiger charge is -2.18. The van der Waals surface area contributed by atoms with Gasteiger partial charge in [0.2, 0.25) is 0 Å². The molecule has 458 valence electrons. The molecule has 0 spiro atoms. The predicted molar refractivity (Wildman–Crippen MR) is 335 cm³/mol. The summed E-state index contributed by atoms with van der Waals surface area (Å²) in [5, 5.41) is 0. The normalized spacial score (nSPS) is 11.9. The van der Waals surface area contributed by atoms with Gasteiger partial charge in [0.1, 0.15) is 13.2 Å². The van der Waals surface area contributed by atoms with E-state index >= 15 is 0 Å². The number of unbranched alkanes of at least 4 members (excludes halogenated alkanes) is 56. The topological polar surface area (TPSA) is 78.9 Å². The maximum absolute atomic E-state index is 12.9. The van der Waals surface area contributed by atoms with Gasteiger partial charge >= 0.3 is 17.9 Å². The molecule has 0 N–H and O–H groups in total. The maximum Gasteiger partial charge on any atom is 0.306 e. The molecule has 0 rings (SSSR count). The summed E-state index contributed by atoms with van der Waals surface area (Å²) < 4.78 is 17.0. The van der Waals surface area contributed by atoms with Crippen LogP contribution in [0.5, 0.6) is 0 Å². The molecule has 1 unspecified atom stereocenters. The van der Waals surface area contributed by atoms with E-state index in [1.165, 1.54) is 321 Å². The molecular formula is C71H138O6. The molecule has 1 atom stereocenters. The van der Waals surface area contributed by atoms with Gasteiger partial charge in [0.15, 0.2) is 6.10 Å². The van der Waals surface area contributed by atoms with Gasteiger partial charge in [0.25, 0.3) is 0 Å². The van der Waals surface area contributed by atoms with Crippen LogP contribution in [-0.2, 0) is 28.6 Å². The van der Waals surface area contributed by atoms with Gasteiger partial charge in [-0.3, -0.25) is 14.4 Å². The molecule has 6 nitrogen and oxygen atoms in total. The van der Waals surface area contributed by atoms with Crippen molar-refractivity contribution in [2.45, 2.75) is 425 Å². The van der Waals surface area contributed by atoms with E-state index in [2.05, 4.69) is 20.8 Å². The zero-order valence-corrected chi connectivity index (χ0v) is 52.8. The number of hydrogen-bond donors (Lipinski definition) is 0. The molecule has 0 amide bonds. The summed E-state index contributed by atoms with van der Waals surface area (Å²) in [7, 11) is 0. The van der Waals surface area contributed by atoms with E-state index in [4.69, 9.17) is 14.2 Å². The molecule has 0 radical (unpaired) electrons. The molecule has 77 heavy (non-hydrogen) atoms. The molecule has 0 aromatic rings. The van der Waals surface area contributed by atoms with Crippen molar-refractivity contribution in [1.82, 2.24) is 0 Å². The van der Waals surface area contributed by atoms with Crippen molar-refractivity contribution < 1.29 is 28.6 Å². The van der Waals surface area contributed by atoms with Gasteiger partial charge in [-0.1, -0.05) is 380 Å². The molecule has 0 saturated carbocycles. The highest BCUT2D eigenvalue weighted by Crippen LogP contribution is 2.19. The largest absolute Gasteiger partial charge is 0.462 e. The number of carbonyl (C=O) groups is 3. The van der Waals surface area contributed by atoms with Gasteiger partial charge in [0, 0.05) is 19.3 Å². The van der Waals surface area contributed by atoms with Gasteiger partial charge in [-0.05, 0) is 19.3 Å². The van der Waals surface area contributed by atoms with Crippen LogP contribution in [0.15, 0.2) is 0 Å². The Labute approximate surface area is 482 Å². The highest BCUT2D eigenvalue weighted by molar-refractivity contribution is 5.71. The summed E-state index contributed by atoms with van der Waals surface area (Å²) in [5.74, 6) is -0.823. The Morgan fingerprint density at radius 2 is 0.351 bits per heavy atom. The molecule has 0 aliphatic heterocycles. The third-order valence-corrected chi connectivity index (χ3v) is 16.6. The van der Waals surface area contributed by atoms with Gasteiger partial charge < -0.3 is 14.2 Å². The summed E-state index contributed by atoms with van der Waals surface area (Å²) in [5.41, 5.74) is 0. The fourth-order valence-corrected chi connectivity index (χ4v) is 11.3. The lowest BCUT2D eigenvalue weighted by atomic mass is 10.0. The Kier molecular flexibility index (Phi) is 65.5. The summed E-state index contributed by atoms with van der Waals surface area (Å²) in [4.78, 5) is 38.3. The van der Waals surface area contributed by atoms with Crippen molar-refractivity contribution in [3.05, 3.63) is 0 Å². The second-order valence-electron chi connectivity index (χ2n) is 24.5. The fraction of sp³-hybridized carbons (Fsp3) is 0.958. The summed E-state index contributed by atoms with van der Waals surface area (Å²) >= 11 is 0. The van der Waals surface area contributed by atoms with E-state index in [1.807, 2.05) is 0 Å². The number of esters is 3. The zero-order valence-electron chi connectivity index (χ0n) is 52.8. The monoisotopic (exact) mass is 1090 g/mol. The first-order valence-corrected chi connectivity index (χ1v) is 35.5. The molecule has 0 bridgehead atoms. The van der Waals surface area contributed by atoms with Crippen LogP contribution in [0.3, 0.4) is 0 Å². The van der Waals surface area contributed by atoms with Gasteiger partial charge in [-0.25, -0.2) is 0 Å². The van der Waals surface area contributed by atoms with Crippen LogP contribution >= 0.6 is 0 Å².